The minimum absolute atomic E-state index is 0.147. The fourth-order valence-electron chi connectivity index (χ4n) is 1.02. The quantitative estimate of drug-likeness (QED) is 0.434. The molecule has 0 heterocycles. The maximum Gasteiger partial charge on any atom is 0.373 e. The van der Waals surface area contributed by atoms with Gasteiger partial charge in [0.2, 0.25) is 12.6 Å². The van der Waals surface area contributed by atoms with Crippen molar-refractivity contribution in [3.8, 4) is 0 Å². The van der Waals surface area contributed by atoms with E-state index in [4.69, 9.17) is 0 Å². The Hall–Kier alpha value is -1.84. The second kappa shape index (κ2) is 5.80. The van der Waals surface area contributed by atoms with E-state index in [0.29, 0.717) is 0 Å². The van der Waals surface area contributed by atoms with E-state index in [2.05, 4.69) is 9.47 Å². The molecule has 1 aromatic carbocycles. The summed E-state index contributed by atoms with van der Waals surface area (Å²) >= 11 is 0. The van der Waals surface area contributed by atoms with Crippen molar-refractivity contribution in [1.82, 2.24) is 0 Å². The molecule has 0 aliphatic carbocycles. The van der Waals surface area contributed by atoms with Crippen molar-refractivity contribution in [2.24, 2.45) is 0 Å². The smallest absolute Gasteiger partial charge is 0.373 e. The molecule has 0 N–H and O–H groups in total. The summed E-state index contributed by atoms with van der Waals surface area (Å²) in [5.74, 6) is -0.845. The van der Waals surface area contributed by atoms with Crippen molar-refractivity contribution in [3.05, 3.63) is 41.7 Å². The molecule has 0 aromatic heterocycles. The molecule has 1 rings (SSSR count). The summed E-state index contributed by atoms with van der Waals surface area (Å²) in [5.41, 5.74) is 0.742. The van der Waals surface area contributed by atoms with Gasteiger partial charge >= 0.3 is 5.97 Å². The Kier molecular flexibility index (Phi) is 4.34. The van der Waals surface area contributed by atoms with Gasteiger partial charge in [-0.15, -0.1) is 0 Å². The Bertz CT molecular complexity index is 346. The Labute approximate surface area is 87.1 Å². The molecule has 0 saturated carbocycles. The summed E-state index contributed by atoms with van der Waals surface area (Å²) in [6.45, 7) is -1.06. The number of esters is 1. The maximum absolute atomic E-state index is 12.0. The van der Waals surface area contributed by atoms with Crippen LogP contribution < -0.4 is 0 Å². The average Bonchev–Trinajstić information content (AvgIpc) is 2.29. The molecule has 0 saturated heterocycles. The summed E-state index contributed by atoms with van der Waals surface area (Å²) < 4.78 is 20.9. The zero-order chi connectivity index (χ0) is 11.1. The van der Waals surface area contributed by atoms with Crippen LogP contribution in [0.4, 0.5) is 4.39 Å². The molecule has 15 heavy (non-hydrogen) atoms. The lowest BCUT2D eigenvalue weighted by Gasteiger charge is -2.04. The minimum atomic E-state index is -1.06. The van der Waals surface area contributed by atoms with Gasteiger partial charge in [-0.25, -0.2) is 9.18 Å². The summed E-state index contributed by atoms with van der Waals surface area (Å²) in [4.78, 5) is 11.1. The lowest BCUT2D eigenvalue weighted by Crippen LogP contribution is -2.07. The summed E-state index contributed by atoms with van der Waals surface area (Å²) in [6, 6.07) is 8.98. The van der Waals surface area contributed by atoms with E-state index in [1.54, 1.807) is 24.3 Å². The number of rotatable bonds is 4. The topological polar surface area (TPSA) is 35.5 Å². The van der Waals surface area contributed by atoms with Crippen LogP contribution in [-0.4, -0.2) is 19.9 Å². The van der Waals surface area contributed by atoms with Gasteiger partial charge in [-0.2, -0.15) is 0 Å². The highest BCUT2D eigenvalue weighted by Gasteiger charge is 2.10. The highest BCUT2D eigenvalue weighted by molar-refractivity contribution is 5.91. The van der Waals surface area contributed by atoms with Gasteiger partial charge in [0.1, 0.15) is 0 Å². The number of halogens is 1. The van der Waals surface area contributed by atoms with Crippen molar-refractivity contribution in [2.45, 2.75) is 0 Å². The van der Waals surface area contributed by atoms with Gasteiger partial charge < -0.3 is 9.47 Å². The Morgan fingerprint density at radius 3 is 2.60 bits per heavy atom. The maximum atomic E-state index is 12.0. The van der Waals surface area contributed by atoms with Crippen molar-refractivity contribution in [3.63, 3.8) is 0 Å². The molecule has 80 valence electrons. The normalized spacial score (nSPS) is 10.9. The molecule has 0 aliphatic rings. The predicted octanol–water partition coefficient (Wildman–Crippen LogP) is 2.14. The van der Waals surface area contributed by atoms with Crippen LogP contribution >= 0.6 is 0 Å². The first-order valence-electron chi connectivity index (χ1n) is 4.31. The Morgan fingerprint density at radius 1 is 1.40 bits per heavy atom. The molecule has 0 fully saturated rings. The second-order valence-corrected chi connectivity index (χ2v) is 2.66. The predicted molar refractivity (Wildman–Crippen MR) is 53.5 cm³/mol. The molecule has 0 unspecified atom stereocenters. The first-order chi connectivity index (χ1) is 7.27. The molecule has 0 atom stereocenters. The monoisotopic (exact) mass is 210 g/mol. The number of hydrogen-bond acceptors (Lipinski definition) is 3. The zero-order valence-electron chi connectivity index (χ0n) is 8.27. The van der Waals surface area contributed by atoms with Gasteiger partial charge in [0.15, 0.2) is 0 Å². The van der Waals surface area contributed by atoms with Gasteiger partial charge in [-0.3, -0.25) is 0 Å². The minimum Gasteiger partial charge on any atom is -0.463 e. The largest absolute Gasteiger partial charge is 0.463 e. The number of methoxy groups -OCH3 is 1. The first kappa shape index (κ1) is 11.2. The van der Waals surface area contributed by atoms with Crippen LogP contribution in [0, 0.1) is 0 Å². The van der Waals surface area contributed by atoms with Crippen LogP contribution in [0.3, 0.4) is 0 Å². The van der Waals surface area contributed by atoms with Crippen LogP contribution in [0.25, 0.3) is 6.08 Å². The van der Waals surface area contributed by atoms with E-state index in [-0.39, 0.29) is 5.76 Å². The van der Waals surface area contributed by atoms with Gasteiger partial charge in [-0.05, 0) is 11.6 Å². The van der Waals surface area contributed by atoms with Crippen molar-refractivity contribution in [1.29, 1.82) is 0 Å². The van der Waals surface area contributed by atoms with E-state index >= 15 is 0 Å². The van der Waals surface area contributed by atoms with E-state index in [1.807, 2.05) is 6.07 Å². The molecular weight excluding hydrogens is 199 g/mol. The molecule has 0 aliphatic heterocycles. The zero-order valence-corrected chi connectivity index (χ0v) is 8.27. The van der Waals surface area contributed by atoms with Crippen LogP contribution in [0.5, 0.6) is 0 Å². The van der Waals surface area contributed by atoms with Gasteiger partial charge in [0, 0.05) is 0 Å². The molecule has 0 spiro atoms. The second-order valence-electron chi connectivity index (χ2n) is 2.66. The highest BCUT2D eigenvalue weighted by Crippen LogP contribution is 2.09. The number of hydrogen-bond donors (Lipinski definition) is 0. The molecule has 0 amide bonds. The summed E-state index contributed by atoms with van der Waals surface area (Å²) in [5, 5.41) is 0. The van der Waals surface area contributed by atoms with E-state index in [1.165, 1.54) is 13.2 Å². The van der Waals surface area contributed by atoms with Crippen LogP contribution in [0.15, 0.2) is 36.1 Å². The third-order valence-electron chi connectivity index (χ3n) is 1.69. The summed E-state index contributed by atoms with van der Waals surface area (Å²) in [7, 11) is 1.21. The SMILES string of the molecule is COC(=O)/C(=C/c1ccccc1)OCF. The molecular formula is C11H11FO3. The molecule has 4 heteroatoms. The highest BCUT2D eigenvalue weighted by atomic mass is 19.1. The Balaban J connectivity index is 2.88. The third-order valence-corrected chi connectivity index (χ3v) is 1.69. The third kappa shape index (κ3) is 3.42. The molecule has 0 radical (unpaired) electrons. The van der Waals surface area contributed by atoms with Gasteiger partial charge in [-0.1, -0.05) is 30.3 Å². The Morgan fingerprint density at radius 2 is 2.07 bits per heavy atom. The molecule has 3 nitrogen and oxygen atoms in total. The fraction of sp³-hybridized carbons (Fsp3) is 0.182. The number of ether oxygens (including phenoxy) is 2. The standard InChI is InChI=1S/C11H11FO3/c1-14-11(13)10(15-8-12)7-9-5-3-2-4-6-9/h2-7H,8H2,1H3/b10-7-. The first-order valence-corrected chi connectivity index (χ1v) is 4.31. The van der Waals surface area contributed by atoms with Crippen molar-refractivity contribution >= 4 is 12.0 Å². The van der Waals surface area contributed by atoms with E-state index in [0.717, 1.165) is 5.56 Å². The van der Waals surface area contributed by atoms with Crippen molar-refractivity contribution in [2.75, 3.05) is 14.0 Å². The molecule has 0 bridgehead atoms. The van der Waals surface area contributed by atoms with E-state index < -0.39 is 12.8 Å². The number of carbonyl (C=O) groups excluding carboxylic acids is 1. The number of carbonyl (C=O) groups is 1. The van der Waals surface area contributed by atoms with Gasteiger partial charge in [0.25, 0.3) is 0 Å². The van der Waals surface area contributed by atoms with Crippen molar-refractivity contribution < 1.29 is 18.7 Å². The van der Waals surface area contributed by atoms with Crippen LogP contribution in [0.2, 0.25) is 0 Å². The van der Waals surface area contributed by atoms with Crippen LogP contribution in [0.1, 0.15) is 5.56 Å². The van der Waals surface area contributed by atoms with E-state index in [9.17, 15) is 9.18 Å². The number of benzene rings is 1. The van der Waals surface area contributed by atoms with Crippen LogP contribution in [-0.2, 0) is 14.3 Å². The number of alkyl halides is 1. The molecule has 1 aromatic rings. The fourth-order valence-corrected chi connectivity index (χ4v) is 1.02. The summed E-state index contributed by atoms with van der Waals surface area (Å²) in [6.07, 6.45) is 1.42. The lowest BCUT2D eigenvalue weighted by atomic mass is 10.2. The average molecular weight is 210 g/mol. The van der Waals surface area contributed by atoms with Gasteiger partial charge in [0.05, 0.1) is 7.11 Å². The lowest BCUT2D eigenvalue weighted by molar-refractivity contribution is -0.140.